The number of aliphatic hydroxyl groups excluding tert-OH is 1. The van der Waals surface area contributed by atoms with E-state index in [0.29, 0.717) is 6.54 Å². The highest BCUT2D eigenvalue weighted by molar-refractivity contribution is 6.30. The molecule has 0 saturated carbocycles. The maximum Gasteiger partial charge on any atom is 0.0555 e. The standard InChI is InChI=1S/C16H24ClNO/c1-12(16(2,3)4)15(11-18-9-10-19)13-5-7-14(17)8-6-13/h5-8,15,18-19H,1,9-11H2,2-4H3. The first-order valence-electron chi connectivity index (χ1n) is 6.62. The Morgan fingerprint density at radius 2 is 1.89 bits per heavy atom. The lowest BCUT2D eigenvalue weighted by atomic mass is 9.77. The second kappa shape index (κ2) is 7.09. The fraction of sp³-hybridized carbons (Fsp3) is 0.500. The Kier molecular flexibility index (Phi) is 6.05. The van der Waals surface area contributed by atoms with Crippen molar-refractivity contribution in [1.82, 2.24) is 5.32 Å². The van der Waals surface area contributed by atoms with E-state index in [2.05, 4.69) is 32.7 Å². The van der Waals surface area contributed by atoms with Gasteiger partial charge in [-0.15, -0.1) is 0 Å². The fourth-order valence-electron chi connectivity index (χ4n) is 1.99. The average Bonchev–Trinajstić information content (AvgIpc) is 2.34. The van der Waals surface area contributed by atoms with Crippen LogP contribution in [0.15, 0.2) is 36.4 Å². The molecule has 1 unspecified atom stereocenters. The predicted octanol–water partition coefficient (Wildman–Crippen LogP) is 3.61. The molecule has 1 aromatic rings. The van der Waals surface area contributed by atoms with Crippen molar-refractivity contribution in [3.63, 3.8) is 0 Å². The Hall–Kier alpha value is -0.830. The van der Waals surface area contributed by atoms with E-state index in [1.807, 2.05) is 24.3 Å². The highest BCUT2D eigenvalue weighted by Gasteiger charge is 2.24. The lowest BCUT2D eigenvalue weighted by Gasteiger charge is -2.30. The number of hydrogen-bond donors (Lipinski definition) is 2. The van der Waals surface area contributed by atoms with E-state index in [0.717, 1.165) is 11.6 Å². The van der Waals surface area contributed by atoms with Gasteiger partial charge in [-0.25, -0.2) is 0 Å². The molecule has 0 aliphatic heterocycles. The van der Waals surface area contributed by atoms with Gasteiger partial charge in [0.05, 0.1) is 6.61 Å². The van der Waals surface area contributed by atoms with Gasteiger partial charge in [-0.2, -0.15) is 0 Å². The molecule has 0 aliphatic rings. The van der Waals surface area contributed by atoms with Crippen molar-refractivity contribution in [2.45, 2.75) is 26.7 Å². The minimum atomic E-state index is 0.0468. The van der Waals surface area contributed by atoms with E-state index in [1.54, 1.807) is 0 Å². The number of halogens is 1. The fourth-order valence-corrected chi connectivity index (χ4v) is 2.11. The molecule has 0 radical (unpaired) electrons. The third kappa shape index (κ3) is 4.98. The third-order valence-electron chi connectivity index (χ3n) is 3.29. The number of aliphatic hydroxyl groups is 1. The zero-order valence-electron chi connectivity index (χ0n) is 12.0. The minimum absolute atomic E-state index is 0.0468. The smallest absolute Gasteiger partial charge is 0.0555 e. The van der Waals surface area contributed by atoms with Crippen molar-refractivity contribution < 1.29 is 5.11 Å². The van der Waals surface area contributed by atoms with Crippen LogP contribution < -0.4 is 5.32 Å². The molecule has 2 N–H and O–H groups in total. The summed E-state index contributed by atoms with van der Waals surface area (Å²) < 4.78 is 0. The van der Waals surface area contributed by atoms with E-state index in [-0.39, 0.29) is 17.9 Å². The number of nitrogens with one attached hydrogen (secondary N) is 1. The molecule has 1 rings (SSSR count). The minimum Gasteiger partial charge on any atom is -0.395 e. The summed E-state index contributed by atoms with van der Waals surface area (Å²) in [5, 5.41) is 12.9. The van der Waals surface area contributed by atoms with E-state index < -0.39 is 0 Å². The van der Waals surface area contributed by atoms with Gasteiger partial charge in [-0.1, -0.05) is 56.7 Å². The van der Waals surface area contributed by atoms with Crippen molar-refractivity contribution in [2.75, 3.05) is 19.7 Å². The Labute approximate surface area is 121 Å². The van der Waals surface area contributed by atoms with E-state index in [1.165, 1.54) is 11.1 Å². The number of benzene rings is 1. The van der Waals surface area contributed by atoms with Crippen LogP contribution in [0.5, 0.6) is 0 Å². The number of hydrogen-bond acceptors (Lipinski definition) is 2. The molecule has 0 spiro atoms. The van der Waals surface area contributed by atoms with Gasteiger partial charge in [0, 0.05) is 24.0 Å². The van der Waals surface area contributed by atoms with Crippen LogP contribution in [0.3, 0.4) is 0 Å². The van der Waals surface area contributed by atoms with Crippen LogP contribution in [0.4, 0.5) is 0 Å². The van der Waals surface area contributed by atoms with Gasteiger partial charge in [0.25, 0.3) is 0 Å². The molecular weight excluding hydrogens is 258 g/mol. The Morgan fingerprint density at radius 1 is 1.32 bits per heavy atom. The number of rotatable bonds is 6. The van der Waals surface area contributed by atoms with Crippen LogP contribution in [0.1, 0.15) is 32.3 Å². The van der Waals surface area contributed by atoms with Crippen molar-refractivity contribution in [1.29, 1.82) is 0 Å². The molecule has 106 valence electrons. The largest absolute Gasteiger partial charge is 0.395 e. The van der Waals surface area contributed by atoms with Gasteiger partial charge in [0.1, 0.15) is 0 Å². The first-order chi connectivity index (χ1) is 8.86. The van der Waals surface area contributed by atoms with Crippen molar-refractivity contribution in [3.05, 3.63) is 47.0 Å². The summed E-state index contributed by atoms with van der Waals surface area (Å²) in [5.41, 5.74) is 2.43. The molecular formula is C16H24ClNO. The van der Waals surface area contributed by atoms with Crippen LogP contribution in [0.25, 0.3) is 0 Å². The lowest BCUT2D eigenvalue weighted by Crippen LogP contribution is -2.28. The maximum atomic E-state index is 8.88. The summed E-state index contributed by atoms with van der Waals surface area (Å²) in [6, 6.07) is 7.91. The molecule has 0 saturated heterocycles. The zero-order valence-corrected chi connectivity index (χ0v) is 12.8. The normalized spacial score (nSPS) is 13.3. The molecule has 19 heavy (non-hydrogen) atoms. The SMILES string of the molecule is C=C(C(CNCCO)c1ccc(Cl)cc1)C(C)(C)C. The van der Waals surface area contributed by atoms with Gasteiger partial charge in [0.15, 0.2) is 0 Å². The van der Waals surface area contributed by atoms with Gasteiger partial charge in [0.2, 0.25) is 0 Å². The Bertz CT molecular complexity index is 406. The first-order valence-corrected chi connectivity index (χ1v) is 7.00. The van der Waals surface area contributed by atoms with Crippen LogP contribution in [-0.2, 0) is 0 Å². The average molecular weight is 282 g/mol. The van der Waals surface area contributed by atoms with Gasteiger partial charge in [-0.3, -0.25) is 0 Å². The molecule has 1 atom stereocenters. The van der Waals surface area contributed by atoms with E-state index >= 15 is 0 Å². The first kappa shape index (κ1) is 16.2. The summed E-state index contributed by atoms with van der Waals surface area (Å²) in [7, 11) is 0. The monoisotopic (exact) mass is 281 g/mol. The molecule has 0 bridgehead atoms. The van der Waals surface area contributed by atoms with Crippen molar-refractivity contribution >= 4 is 11.6 Å². The highest BCUT2D eigenvalue weighted by atomic mass is 35.5. The van der Waals surface area contributed by atoms with Crippen molar-refractivity contribution in [2.24, 2.45) is 5.41 Å². The quantitative estimate of drug-likeness (QED) is 0.617. The summed E-state index contributed by atoms with van der Waals surface area (Å²) in [5.74, 6) is 0.226. The second-order valence-corrected chi connectivity index (χ2v) is 6.24. The van der Waals surface area contributed by atoms with Gasteiger partial charge in [-0.05, 0) is 23.1 Å². The summed E-state index contributed by atoms with van der Waals surface area (Å²) in [6.45, 7) is 12.3. The summed E-state index contributed by atoms with van der Waals surface area (Å²) in [6.07, 6.45) is 0. The molecule has 0 aromatic heterocycles. The maximum absolute atomic E-state index is 8.88. The molecule has 0 amide bonds. The van der Waals surface area contributed by atoms with Crippen molar-refractivity contribution in [3.8, 4) is 0 Å². The third-order valence-corrected chi connectivity index (χ3v) is 3.55. The highest BCUT2D eigenvalue weighted by Crippen LogP contribution is 2.35. The van der Waals surface area contributed by atoms with Crippen LogP contribution in [0, 0.1) is 5.41 Å². The summed E-state index contributed by atoms with van der Waals surface area (Å²) >= 11 is 5.94. The molecule has 0 aliphatic carbocycles. The van der Waals surface area contributed by atoms with E-state index in [9.17, 15) is 0 Å². The predicted molar refractivity (Wildman–Crippen MR) is 82.7 cm³/mol. The van der Waals surface area contributed by atoms with Crippen LogP contribution in [0.2, 0.25) is 5.02 Å². The van der Waals surface area contributed by atoms with Crippen LogP contribution in [-0.4, -0.2) is 24.8 Å². The van der Waals surface area contributed by atoms with E-state index in [4.69, 9.17) is 16.7 Å². The second-order valence-electron chi connectivity index (χ2n) is 5.81. The topological polar surface area (TPSA) is 32.3 Å². The Morgan fingerprint density at radius 3 is 2.37 bits per heavy atom. The van der Waals surface area contributed by atoms with Crippen LogP contribution >= 0.6 is 11.6 Å². The Balaban J connectivity index is 2.91. The molecule has 0 fully saturated rings. The summed E-state index contributed by atoms with van der Waals surface area (Å²) in [4.78, 5) is 0. The molecule has 3 heteroatoms. The van der Waals surface area contributed by atoms with Gasteiger partial charge >= 0.3 is 0 Å². The molecule has 2 nitrogen and oxygen atoms in total. The lowest BCUT2D eigenvalue weighted by molar-refractivity contribution is 0.291. The zero-order chi connectivity index (χ0) is 14.5. The molecule has 1 aromatic carbocycles. The molecule has 0 heterocycles. The van der Waals surface area contributed by atoms with Gasteiger partial charge < -0.3 is 10.4 Å².